The minimum atomic E-state index is -0.537. The second-order valence-corrected chi connectivity index (χ2v) is 7.49. The Labute approximate surface area is 170 Å². The molecule has 28 heavy (non-hydrogen) atoms. The van der Waals surface area contributed by atoms with Gasteiger partial charge >= 0.3 is 0 Å². The summed E-state index contributed by atoms with van der Waals surface area (Å²) >= 11 is 5.53. The van der Waals surface area contributed by atoms with E-state index in [0.29, 0.717) is 5.11 Å². The van der Waals surface area contributed by atoms with Crippen molar-refractivity contribution in [3.63, 3.8) is 0 Å². The fourth-order valence-corrected chi connectivity index (χ4v) is 4.08. The molecule has 0 saturated carbocycles. The van der Waals surface area contributed by atoms with E-state index in [4.69, 9.17) is 12.2 Å². The Bertz CT molecular complexity index is 1090. The Morgan fingerprint density at radius 3 is 2.43 bits per heavy atom. The topological polar surface area (TPSA) is 50.2 Å². The summed E-state index contributed by atoms with van der Waals surface area (Å²) in [5.41, 5.74) is 6.60. The normalized spacial score (nSPS) is 16.6. The number of hydrogen-bond donors (Lipinski definition) is 1. The van der Waals surface area contributed by atoms with Crippen LogP contribution in [0, 0.1) is 27.7 Å². The molecule has 2 aromatic carbocycles. The fraction of sp³-hybridized carbons (Fsp3) is 0.227. The number of amides is 1. The average Bonchev–Trinajstić information content (AvgIpc) is 3.13. The molecule has 3 aromatic rings. The van der Waals surface area contributed by atoms with Crippen molar-refractivity contribution < 1.29 is 4.79 Å². The van der Waals surface area contributed by atoms with Gasteiger partial charge in [-0.1, -0.05) is 30.3 Å². The van der Waals surface area contributed by atoms with Crippen molar-refractivity contribution in [2.24, 2.45) is 0 Å². The molecule has 1 amide bonds. The highest BCUT2D eigenvalue weighted by Gasteiger charge is 2.40. The number of para-hydroxylation sites is 1. The quantitative estimate of drug-likeness (QED) is 0.685. The maximum Gasteiger partial charge on any atom is 0.260 e. The number of hydrogen-bond acceptors (Lipinski definition) is 3. The van der Waals surface area contributed by atoms with Gasteiger partial charge in [0.2, 0.25) is 0 Å². The van der Waals surface area contributed by atoms with E-state index in [-0.39, 0.29) is 5.91 Å². The predicted octanol–water partition coefficient (Wildman–Crippen LogP) is 4.07. The SMILES string of the molecule is Cc1cccc(N2C(=O)[C@H](c3c(C)nn(-c4ccccc4)c3C)NC2=S)c1C. The van der Waals surface area contributed by atoms with E-state index in [0.717, 1.165) is 39.5 Å². The molecule has 1 saturated heterocycles. The Morgan fingerprint density at radius 1 is 1.00 bits per heavy atom. The summed E-state index contributed by atoms with van der Waals surface area (Å²) in [5, 5.41) is 8.32. The summed E-state index contributed by atoms with van der Waals surface area (Å²) in [7, 11) is 0. The predicted molar refractivity (Wildman–Crippen MR) is 115 cm³/mol. The first-order valence-electron chi connectivity index (χ1n) is 9.22. The van der Waals surface area contributed by atoms with E-state index in [1.54, 1.807) is 4.90 Å². The first-order valence-corrected chi connectivity index (χ1v) is 9.63. The number of rotatable bonds is 3. The van der Waals surface area contributed by atoms with Crippen molar-refractivity contribution in [2.75, 3.05) is 4.90 Å². The summed E-state index contributed by atoms with van der Waals surface area (Å²) in [6.07, 6.45) is 0. The van der Waals surface area contributed by atoms with Gasteiger partial charge in [-0.05, 0) is 69.2 Å². The molecule has 5 nitrogen and oxygen atoms in total. The average molecular weight is 391 g/mol. The molecule has 0 radical (unpaired) electrons. The van der Waals surface area contributed by atoms with Crippen molar-refractivity contribution in [2.45, 2.75) is 33.7 Å². The third-order valence-electron chi connectivity index (χ3n) is 5.39. The molecule has 0 bridgehead atoms. The molecule has 1 aromatic heterocycles. The monoisotopic (exact) mass is 390 g/mol. The molecule has 1 aliphatic heterocycles. The van der Waals surface area contributed by atoms with Crippen LogP contribution in [0.4, 0.5) is 5.69 Å². The lowest BCUT2D eigenvalue weighted by atomic mass is 10.0. The minimum Gasteiger partial charge on any atom is -0.346 e. The van der Waals surface area contributed by atoms with Crippen LogP contribution in [-0.2, 0) is 4.79 Å². The van der Waals surface area contributed by atoms with E-state index < -0.39 is 6.04 Å². The lowest BCUT2D eigenvalue weighted by Gasteiger charge is -2.18. The lowest BCUT2D eigenvalue weighted by molar-refractivity contribution is -0.118. The zero-order valence-corrected chi connectivity index (χ0v) is 17.2. The highest BCUT2D eigenvalue weighted by Crippen LogP contribution is 2.33. The highest BCUT2D eigenvalue weighted by molar-refractivity contribution is 7.80. The molecule has 1 atom stereocenters. The van der Waals surface area contributed by atoms with Crippen LogP contribution in [-0.4, -0.2) is 20.8 Å². The largest absolute Gasteiger partial charge is 0.346 e. The summed E-state index contributed by atoms with van der Waals surface area (Å²) in [6.45, 7) is 7.96. The van der Waals surface area contributed by atoms with Gasteiger partial charge in [0.15, 0.2) is 5.11 Å². The lowest BCUT2D eigenvalue weighted by Crippen LogP contribution is -2.31. The maximum absolute atomic E-state index is 13.4. The Balaban J connectivity index is 1.76. The number of nitrogens with one attached hydrogen (secondary N) is 1. The molecular formula is C22H22N4OS. The van der Waals surface area contributed by atoms with Crippen LogP contribution in [0.15, 0.2) is 48.5 Å². The highest BCUT2D eigenvalue weighted by atomic mass is 32.1. The van der Waals surface area contributed by atoms with Gasteiger partial charge in [0.25, 0.3) is 5.91 Å². The third-order valence-corrected chi connectivity index (χ3v) is 5.69. The number of anilines is 1. The van der Waals surface area contributed by atoms with Crippen molar-refractivity contribution >= 4 is 28.9 Å². The molecule has 4 rings (SSSR count). The summed E-state index contributed by atoms with van der Waals surface area (Å²) < 4.78 is 1.88. The number of carbonyl (C=O) groups is 1. The van der Waals surface area contributed by atoms with Gasteiger partial charge in [-0.15, -0.1) is 0 Å². The van der Waals surface area contributed by atoms with Crippen LogP contribution in [0.2, 0.25) is 0 Å². The zero-order chi connectivity index (χ0) is 20.0. The van der Waals surface area contributed by atoms with Gasteiger partial charge in [0.1, 0.15) is 6.04 Å². The molecule has 0 aliphatic carbocycles. The van der Waals surface area contributed by atoms with Gasteiger partial charge in [0.05, 0.1) is 17.1 Å². The van der Waals surface area contributed by atoms with Crippen molar-refractivity contribution in [3.8, 4) is 5.69 Å². The molecule has 0 unspecified atom stereocenters. The van der Waals surface area contributed by atoms with Gasteiger partial charge < -0.3 is 5.32 Å². The second kappa shape index (κ2) is 6.87. The van der Waals surface area contributed by atoms with Crippen LogP contribution >= 0.6 is 12.2 Å². The number of benzene rings is 2. The number of aryl methyl sites for hydroxylation is 2. The van der Waals surface area contributed by atoms with Crippen LogP contribution in [0.25, 0.3) is 5.69 Å². The van der Waals surface area contributed by atoms with Crippen LogP contribution in [0.1, 0.15) is 34.1 Å². The first-order chi connectivity index (χ1) is 13.4. The van der Waals surface area contributed by atoms with E-state index in [2.05, 4.69) is 10.4 Å². The Kier molecular flexibility index (Phi) is 4.51. The smallest absolute Gasteiger partial charge is 0.260 e. The number of nitrogens with zero attached hydrogens (tertiary/aromatic N) is 3. The molecule has 0 spiro atoms. The number of carbonyl (C=O) groups excluding carboxylic acids is 1. The summed E-state index contributed by atoms with van der Waals surface area (Å²) in [6, 6.07) is 15.3. The molecule has 6 heteroatoms. The maximum atomic E-state index is 13.4. The van der Waals surface area contributed by atoms with Gasteiger partial charge in [-0.2, -0.15) is 5.10 Å². The zero-order valence-electron chi connectivity index (χ0n) is 16.4. The number of aromatic nitrogens is 2. The van der Waals surface area contributed by atoms with E-state index in [1.807, 2.05) is 80.9 Å². The van der Waals surface area contributed by atoms with Crippen LogP contribution in [0.5, 0.6) is 0 Å². The van der Waals surface area contributed by atoms with Gasteiger partial charge in [-0.3, -0.25) is 9.69 Å². The minimum absolute atomic E-state index is 0.0717. The van der Waals surface area contributed by atoms with Gasteiger partial charge in [0, 0.05) is 11.3 Å². The van der Waals surface area contributed by atoms with Crippen LogP contribution in [0.3, 0.4) is 0 Å². The molecule has 1 N–H and O–H groups in total. The van der Waals surface area contributed by atoms with E-state index >= 15 is 0 Å². The second-order valence-electron chi connectivity index (χ2n) is 7.11. The Hall–Kier alpha value is -2.99. The first kappa shape index (κ1) is 18.4. The summed E-state index contributed by atoms with van der Waals surface area (Å²) in [4.78, 5) is 15.0. The molecular weight excluding hydrogens is 368 g/mol. The summed E-state index contributed by atoms with van der Waals surface area (Å²) in [5.74, 6) is -0.0717. The van der Waals surface area contributed by atoms with E-state index in [9.17, 15) is 4.79 Å². The fourth-order valence-electron chi connectivity index (χ4n) is 3.77. The molecule has 2 heterocycles. The van der Waals surface area contributed by atoms with Crippen molar-refractivity contribution in [3.05, 3.63) is 76.6 Å². The van der Waals surface area contributed by atoms with Crippen molar-refractivity contribution in [1.29, 1.82) is 0 Å². The van der Waals surface area contributed by atoms with Crippen LogP contribution < -0.4 is 10.2 Å². The number of thiocarbonyl (C=S) groups is 1. The molecule has 1 aliphatic rings. The molecule has 1 fully saturated rings. The Morgan fingerprint density at radius 2 is 1.71 bits per heavy atom. The molecule has 142 valence electrons. The van der Waals surface area contributed by atoms with Crippen molar-refractivity contribution in [1.82, 2.24) is 15.1 Å². The third kappa shape index (κ3) is 2.81. The standard InChI is InChI=1S/C22H22N4OS/c1-13-9-8-12-18(14(13)2)25-21(27)20(23-22(25)28)19-15(3)24-26(16(19)4)17-10-6-5-7-11-17/h5-12,20H,1-4H3,(H,23,28)/t20-/m0/s1. The van der Waals surface area contributed by atoms with E-state index in [1.165, 1.54) is 0 Å². The van der Waals surface area contributed by atoms with Gasteiger partial charge in [-0.25, -0.2) is 4.68 Å².